The second-order valence-electron chi connectivity index (χ2n) is 13.8. The van der Waals surface area contributed by atoms with E-state index in [0.717, 1.165) is 102 Å². The molecule has 0 saturated carbocycles. The van der Waals surface area contributed by atoms with Gasteiger partial charge in [-0.25, -0.2) is 8.83 Å². The molecule has 0 amide bonds. The number of ether oxygens (including phenoxy) is 6. The van der Waals surface area contributed by atoms with Gasteiger partial charge in [0.25, 0.3) is 0 Å². The molecule has 64 heavy (non-hydrogen) atoms. The van der Waals surface area contributed by atoms with Gasteiger partial charge in [0.1, 0.15) is 41.9 Å². The summed E-state index contributed by atoms with van der Waals surface area (Å²) in [6, 6.07) is 55.6. The van der Waals surface area contributed by atoms with Gasteiger partial charge in [0.15, 0.2) is 0 Å². The summed E-state index contributed by atoms with van der Waals surface area (Å²) in [4.78, 5) is 0. The molecule has 0 radical (unpaired) electrons. The maximum atomic E-state index is 9.89. The average Bonchev–Trinajstić information content (AvgIpc) is 3.36. The van der Waals surface area contributed by atoms with Crippen molar-refractivity contribution in [1.29, 1.82) is 0 Å². The fraction of sp³-hybridized carbons (Fsp3) is 0.115. The summed E-state index contributed by atoms with van der Waals surface area (Å²) in [5.41, 5.74) is 8.16. The van der Waals surface area contributed by atoms with E-state index < -0.39 is 7.40 Å². The van der Waals surface area contributed by atoms with Crippen LogP contribution >= 0.6 is 0 Å². The molecule has 0 aliphatic rings. The Morgan fingerprint density at radius 2 is 0.453 bits per heavy atom. The SMILES string of the molecule is COc1ccc(-c2cc(-c3ccc(OC)cc3)[o+]c(-c3ccc(OC)cc3)c2)cc1.COc1ccc(-c2cc(-c3ccc(OC)cc3)[o+]c(-c3ccc(OC)cc3)c2)cc1.[O-]B([O-])F. The Balaban J connectivity index is 0.000000196. The van der Waals surface area contributed by atoms with E-state index in [1.807, 2.05) is 146 Å². The van der Waals surface area contributed by atoms with Crippen LogP contribution in [-0.2, 0) is 0 Å². The van der Waals surface area contributed by atoms with Gasteiger partial charge in [0, 0.05) is 11.1 Å². The third-order valence-corrected chi connectivity index (χ3v) is 9.93. The molecule has 2 heterocycles. The smallest absolute Gasteiger partial charge is 0.361 e. The van der Waals surface area contributed by atoms with Crippen molar-refractivity contribution < 1.29 is 51.6 Å². The Labute approximate surface area is 372 Å². The number of rotatable bonds is 12. The zero-order valence-electron chi connectivity index (χ0n) is 36.2. The topological polar surface area (TPSA) is 124 Å². The van der Waals surface area contributed by atoms with Gasteiger partial charge in [0.05, 0.1) is 89.2 Å². The molecule has 10 nitrogen and oxygen atoms in total. The van der Waals surface area contributed by atoms with Crippen LogP contribution in [0.25, 0.3) is 67.5 Å². The Kier molecular flexibility index (Phi) is 16.1. The third kappa shape index (κ3) is 12.2. The van der Waals surface area contributed by atoms with E-state index in [-0.39, 0.29) is 0 Å². The Bertz CT molecular complexity index is 2170. The zero-order chi connectivity index (χ0) is 45.4. The van der Waals surface area contributed by atoms with Gasteiger partial charge in [-0.2, -0.15) is 0 Å². The van der Waals surface area contributed by atoms with Gasteiger partial charge in [0.2, 0.25) is 0 Å². The molecule has 8 aromatic rings. The van der Waals surface area contributed by atoms with E-state index in [9.17, 15) is 4.32 Å². The predicted molar refractivity (Wildman–Crippen MR) is 245 cm³/mol. The number of hydrogen-bond acceptors (Lipinski definition) is 8. The van der Waals surface area contributed by atoms with E-state index in [1.54, 1.807) is 42.7 Å². The first-order valence-corrected chi connectivity index (χ1v) is 19.9. The maximum absolute atomic E-state index is 9.89. The van der Waals surface area contributed by atoms with Crippen LogP contribution in [0.3, 0.4) is 0 Å². The number of hydrogen-bond donors (Lipinski definition) is 0. The van der Waals surface area contributed by atoms with E-state index in [0.29, 0.717) is 0 Å². The summed E-state index contributed by atoms with van der Waals surface area (Å²) >= 11 is 0. The minimum absolute atomic E-state index is 0.775. The van der Waals surface area contributed by atoms with Gasteiger partial charge in [-0.1, -0.05) is 24.3 Å². The van der Waals surface area contributed by atoms with Crippen LogP contribution < -0.4 is 38.5 Å². The van der Waals surface area contributed by atoms with Crippen molar-refractivity contribution in [2.75, 3.05) is 42.7 Å². The molecule has 0 bridgehead atoms. The van der Waals surface area contributed by atoms with Crippen LogP contribution in [0.2, 0.25) is 0 Å². The van der Waals surface area contributed by atoms with Crippen LogP contribution in [-0.4, -0.2) is 50.1 Å². The number of benzene rings is 6. The highest BCUT2D eigenvalue weighted by atomic mass is 19.1. The Morgan fingerprint density at radius 1 is 0.297 bits per heavy atom. The highest BCUT2D eigenvalue weighted by Gasteiger charge is 2.23. The molecule has 0 aliphatic carbocycles. The first kappa shape index (κ1) is 45.9. The summed E-state index contributed by atoms with van der Waals surface area (Å²) in [6.07, 6.45) is 0. The van der Waals surface area contributed by atoms with Gasteiger partial charge in [-0.3, -0.25) is 0 Å². The molecular weight excluding hydrogens is 814 g/mol. The Hall–Kier alpha value is -7.67. The van der Waals surface area contributed by atoms with Crippen molar-refractivity contribution in [3.8, 4) is 102 Å². The summed E-state index contributed by atoms with van der Waals surface area (Å²) in [7, 11) is 6.80. The predicted octanol–water partition coefficient (Wildman–Crippen LogP) is 10.8. The minimum Gasteiger partial charge on any atom is -0.867 e. The lowest BCUT2D eigenvalue weighted by atomic mass is 10.0. The first-order chi connectivity index (χ1) is 31.1. The lowest BCUT2D eigenvalue weighted by Crippen LogP contribution is -2.39. The van der Waals surface area contributed by atoms with Gasteiger partial charge in [-0.05, 0) is 132 Å². The molecule has 8 rings (SSSR count). The molecule has 12 heteroatoms. The highest BCUT2D eigenvalue weighted by Crippen LogP contribution is 2.36. The molecule has 0 aliphatic heterocycles. The number of methoxy groups -OCH3 is 6. The molecule has 0 fully saturated rings. The van der Waals surface area contributed by atoms with Gasteiger partial charge in [-0.15, -0.1) is 0 Å². The van der Waals surface area contributed by atoms with Crippen LogP contribution in [0.5, 0.6) is 34.5 Å². The summed E-state index contributed by atoms with van der Waals surface area (Å²) < 4.78 is 54.2. The molecule has 6 aromatic carbocycles. The summed E-state index contributed by atoms with van der Waals surface area (Å²) in [6.45, 7) is 0. The number of halogens is 1. The van der Waals surface area contributed by atoms with Crippen LogP contribution in [0.4, 0.5) is 4.32 Å². The van der Waals surface area contributed by atoms with Crippen LogP contribution in [0.15, 0.2) is 179 Å². The standard InChI is InChI=1S/2C26H23O4.BFO2/c2*1-27-22-10-4-18(5-11-22)21-16-25(19-6-12-23(28-2)13-7-19)30-26(17-21)20-8-14-24(29-3)15-9-20;2-1(3)4/h2*4-17H,1-3H3;/q2*+1;-2. The van der Waals surface area contributed by atoms with Crippen molar-refractivity contribution in [2.24, 2.45) is 0 Å². The van der Waals surface area contributed by atoms with E-state index >= 15 is 0 Å². The average molecular weight is 861 g/mol. The largest absolute Gasteiger partial charge is 0.867 e. The second kappa shape index (κ2) is 22.4. The molecule has 0 unspecified atom stereocenters. The first-order valence-electron chi connectivity index (χ1n) is 19.9. The van der Waals surface area contributed by atoms with Crippen molar-refractivity contribution in [3.05, 3.63) is 170 Å². The molecule has 0 atom stereocenters. The van der Waals surface area contributed by atoms with E-state index in [4.69, 9.17) is 47.3 Å². The third-order valence-electron chi connectivity index (χ3n) is 9.93. The summed E-state index contributed by atoms with van der Waals surface area (Å²) in [5, 5.41) is 16.6. The zero-order valence-corrected chi connectivity index (χ0v) is 36.2. The monoisotopic (exact) mass is 860 g/mol. The van der Waals surface area contributed by atoms with Crippen molar-refractivity contribution in [2.45, 2.75) is 0 Å². The molecule has 0 spiro atoms. The minimum atomic E-state index is -3.17. The molecule has 0 N–H and O–H groups in total. The fourth-order valence-electron chi connectivity index (χ4n) is 6.49. The Morgan fingerprint density at radius 3 is 0.609 bits per heavy atom. The van der Waals surface area contributed by atoms with Gasteiger partial charge < -0.3 is 42.8 Å². The normalized spacial score (nSPS) is 10.3. The van der Waals surface area contributed by atoms with E-state index in [2.05, 4.69) is 24.3 Å². The second-order valence-corrected chi connectivity index (χ2v) is 13.8. The van der Waals surface area contributed by atoms with Crippen molar-refractivity contribution in [1.82, 2.24) is 0 Å². The van der Waals surface area contributed by atoms with Crippen molar-refractivity contribution in [3.63, 3.8) is 0 Å². The molecule has 2 aromatic heterocycles. The lowest BCUT2D eigenvalue weighted by Gasteiger charge is -2.09. The van der Waals surface area contributed by atoms with Crippen LogP contribution in [0.1, 0.15) is 0 Å². The maximum Gasteiger partial charge on any atom is 0.361 e. The van der Waals surface area contributed by atoms with Gasteiger partial charge >= 0.3 is 23.0 Å². The van der Waals surface area contributed by atoms with Crippen LogP contribution in [0, 0.1) is 0 Å². The quantitative estimate of drug-likeness (QED) is 0.0866. The molecule has 0 saturated heterocycles. The fourth-order valence-corrected chi connectivity index (χ4v) is 6.49. The highest BCUT2D eigenvalue weighted by molar-refractivity contribution is 6.27. The molecule has 324 valence electrons. The lowest BCUT2D eigenvalue weighted by molar-refractivity contribution is -0.366. The van der Waals surface area contributed by atoms with Crippen molar-refractivity contribution >= 4 is 7.40 Å². The van der Waals surface area contributed by atoms with E-state index in [1.165, 1.54) is 0 Å². The summed E-state index contributed by atoms with van der Waals surface area (Å²) in [5.74, 6) is 7.97. The molecular formula is C52H46BFO10.